The number of benzene rings is 2. The molecule has 7 nitrogen and oxygen atoms in total. The van der Waals surface area contributed by atoms with Crippen molar-refractivity contribution >= 4 is 41.3 Å². The van der Waals surface area contributed by atoms with Crippen LogP contribution in [-0.2, 0) is 14.3 Å². The molecule has 0 aliphatic carbocycles. The maximum Gasteiger partial charge on any atom is 0.344 e. The van der Waals surface area contributed by atoms with E-state index >= 15 is 0 Å². The lowest BCUT2D eigenvalue weighted by molar-refractivity contribution is -0.145. The number of rotatable bonds is 8. The Kier molecular flexibility index (Phi) is 8.38. The van der Waals surface area contributed by atoms with E-state index in [4.69, 9.17) is 16.3 Å². The van der Waals surface area contributed by atoms with E-state index in [2.05, 4.69) is 10.3 Å². The number of esters is 1. The molecule has 2 atom stereocenters. The van der Waals surface area contributed by atoms with Gasteiger partial charge in [0.1, 0.15) is 12.5 Å². The molecular weight excluding hydrogens is 442 g/mol. The van der Waals surface area contributed by atoms with Crippen molar-refractivity contribution < 1.29 is 19.1 Å². The largest absolute Gasteiger partial charge is 0.465 e. The summed E-state index contributed by atoms with van der Waals surface area (Å²) in [7, 11) is 0. The zero-order chi connectivity index (χ0) is 23.8. The second-order valence-electron chi connectivity index (χ2n) is 7.50. The van der Waals surface area contributed by atoms with Crippen LogP contribution >= 0.6 is 11.6 Å². The summed E-state index contributed by atoms with van der Waals surface area (Å²) in [6.45, 7) is 3.49. The monoisotopic (exact) mass is 467 g/mol. The highest BCUT2D eigenvalue weighted by Gasteiger charge is 2.42. The minimum absolute atomic E-state index is 0.183. The van der Waals surface area contributed by atoms with Gasteiger partial charge in [-0.25, -0.2) is 9.79 Å². The number of hydrogen-bond donors (Lipinski definition) is 1. The molecule has 2 unspecified atom stereocenters. The van der Waals surface area contributed by atoms with Crippen molar-refractivity contribution in [3.05, 3.63) is 76.8 Å². The van der Waals surface area contributed by atoms with Gasteiger partial charge in [0.25, 0.3) is 0 Å². The minimum atomic E-state index is -0.791. The molecule has 1 aliphatic rings. The third-order valence-corrected chi connectivity index (χ3v) is 5.44. The van der Waals surface area contributed by atoms with E-state index in [-0.39, 0.29) is 19.1 Å². The molecule has 3 amide bonds. The van der Waals surface area contributed by atoms with Gasteiger partial charge in [0.15, 0.2) is 0 Å². The molecule has 0 saturated heterocycles. The van der Waals surface area contributed by atoms with Crippen LogP contribution < -0.4 is 5.32 Å². The lowest BCUT2D eigenvalue weighted by Gasteiger charge is -2.38. The highest BCUT2D eigenvalue weighted by Crippen LogP contribution is 2.35. The molecule has 8 heteroatoms. The van der Waals surface area contributed by atoms with Crippen molar-refractivity contribution in [1.29, 1.82) is 0 Å². The van der Waals surface area contributed by atoms with Crippen molar-refractivity contribution in [1.82, 2.24) is 10.2 Å². The zero-order valence-corrected chi connectivity index (χ0v) is 19.3. The predicted molar refractivity (Wildman–Crippen MR) is 128 cm³/mol. The molecule has 2 aromatic rings. The van der Waals surface area contributed by atoms with E-state index in [1.165, 1.54) is 4.90 Å². The van der Waals surface area contributed by atoms with E-state index in [1.54, 1.807) is 38.1 Å². The number of halogens is 1. The van der Waals surface area contributed by atoms with Gasteiger partial charge in [-0.05, 0) is 37.1 Å². The molecular formula is C25H26ClN3O4. The van der Waals surface area contributed by atoms with Gasteiger partial charge in [-0.1, -0.05) is 66.2 Å². The fraction of sp³-hybridized carbons (Fsp3) is 0.280. The average Bonchev–Trinajstić information content (AvgIpc) is 2.79. The summed E-state index contributed by atoms with van der Waals surface area (Å²) in [4.78, 5) is 43.5. The zero-order valence-electron chi connectivity index (χ0n) is 18.5. The summed E-state index contributed by atoms with van der Waals surface area (Å²) < 4.78 is 5.03. The number of hydrogen-bond acceptors (Lipinski definition) is 4. The lowest BCUT2D eigenvalue weighted by atomic mass is 9.86. The molecule has 0 fully saturated rings. The molecule has 0 aromatic heterocycles. The Morgan fingerprint density at radius 3 is 2.64 bits per heavy atom. The van der Waals surface area contributed by atoms with Crippen molar-refractivity contribution in [3.8, 4) is 0 Å². The molecule has 1 heterocycles. The summed E-state index contributed by atoms with van der Waals surface area (Å²) in [5.41, 5.74) is 2.02. The first kappa shape index (κ1) is 24.2. The number of amides is 3. The summed E-state index contributed by atoms with van der Waals surface area (Å²) in [5, 5.41) is 3.35. The Labute approximate surface area is 198 Å². The van der Waals surface area contributed by atoms with Gasteiger partial charge < -0.3 is 15.0 Å². The van der Waals surface area contributed by atoms with Crippen LogP contribution in [0.15, 0.2) is 65.7 Å². The highest BCUT2D eigenvalue weighted by atomic mass is 35.5. The molecule has 2 aromatic carbocycles. The Morgan fingerprint density at radius 1 is 1.18 bits per heavy atom. The van der Waals surface area contributed by atoms with Crippen LogP contribution in [0.2, 0.25) is 5.02 Å². The molecule has 1 N–H and O–H groups in total. The van der Waals surface area contributed by atoms with Crippen LogP contribution in [0.5, 0.6) is 0 Å². The van der Waals surface area contributed by atoms with Crippen LogP contribution in [-0.4, -0.2) is 48.2 Å². The maximum atomic E-state index is 13.2. The summed E-state index contributed by atoms with van der Waals surface area (Å²) in [5.74, 6) is -1.67. The standard InChI is InChI=1S/C25H26ClN3O4/c1-3-33-21(30)16-29-23(19-12-7-13-20(26)15-19)22(17(2)28-25(29)32)24(31)27-14-8-11-18-9-5-4-6-10-18/h4-13,15,22-23H,3,14,16H2,1-2H3,(H,27,31). The SMILES string of the molecule is CCOC(=O)CN1C(=O)N=C(C)C(C(=O)NCC=Cc2ccccc2)C1c1cccc(Cl)c1. The molecule has 0 radical (unpaired) electrons. The molecule has 0 bridgehead atoms. The number of ether oxygens (including phenoxy) is 1. The Balaban J connectivity index is 1.86. The molecule has 1 aliphatic heterocycles. The number of urea groups is 1. The van der Waals surface area contributed by atoms with Crippen molar-refractivity contribution in [2.75, 3.05) is 19.7 Å². The Morgan fingerprint density at radius 2 is 1.94 bits per heavy atom. The summed E-state index contributed by atoms with van der Waals surface area (Å²) in [6.07, 6.45) is 3.76. The van der Waals surface area contributed by atoms with Gasteiger partial charge in [-0.2, -0.15) is 0 Å². The van der Waals surface area contributed by atoms with Crippen molar-refractivity contribution in [2.24, 2.45) is 10.9 Å². The second kappa shape index (κ2) is 11.4. The quantitative estimate of drug-likeness (QED) is 0.587. The Bertz CT molecular complexity index is 1070. The van der Waals surface area contributed by atoms with Gasteiger partial charge in [0.05, 0.1) is 12.6 Å². The fourth-order valence-corrected chi connectivity index (χ4v) is 3.95. The molecule has 33 heavy (non-hydrogen) atoms. The van der Waals surface area contributed by atoms with Crippen LogP contribution in [0.3, 0.4) is 0 Å². The second-order valence-corrected chi connectivity index (χ2v) is 7.94. The third-order valence-electron chi connectivity index (χ3n) is 5.20. The first-order valence-electron chi connectivity index (χ1n) is 10.7. The normalized spacial score (nSPS) is 18.2. The van der Waals surface area contributed by atoms with Crippen LogP contribution in [0.25, 0.3) is 6.08 Å². The number of carbonyl (C=O) groups is 3. The number of carbonyl (C=O) groups excluding carboxylic acids is 3. The van der Waals surface area contributed by atoms with Gasteiger partial charge in [0, 0.05) is 17.3 Å². The van der Waals surface area contributed by atoms with E-state index in [0.717, 1.165) is 5.56 Å². The number of nitrogens with zero attached hydrogens (tertiary/aromatic N) is 2. The van der Waals surface area contributed by atoms with Crippen molar-refractivity contribution in [3.63, 3.8) is 0 Å². The topological polar surface area (TPSA) is 88.1 Å². The van der Waals surface area contributed by atoms with Crippen LogP contribution in [0.1, 0.15) is 31.0 Å². The van der Waals surface area contributed by atoms with Gasteiger partial charge >= 0.3 is 12.0 Å². The average molecular weight is 468 g/mol. The fourth-order valence-electron chi connectivity index (χ4n) is 3.75. The van der Waals surface area contributed by atoms with Gasteiger partial charge in [-0.15, -0.1) is 0 Å². The minimum Gasteiger partial charge on any atom is -0.465 e. The molecule has 0 spiro atoms. The van der Waals surface area contributed by atoms with E-state index in [0.29, 0.717) is 22.8 Å². The maximum absolute atomic E-state index is 13.2. The third kappa shape index (κ3) is 6.29. The molecule has 3 rings (SSSR count). The van der Waals surface area contributed by atoms with Crippen LogP contribution in [0, 0.1) is 5.92 Å². The highest BCUT2D eigenvalue weighted by molar-refractivity contribution is 6.30. The molecule has 172 valence electrons. The first-order valence-corrected chi connectivity index (χ1v) is 11.0. The number of nitrogens with one attached hydrogen (secondary N) is 1. The van der Waals surface area contributed by atoms with Gasteiger partial charge in [0.2, 0.25) is 5.91 Å². The van der Waals surface area contributed by atoms with Crippen molar-refractivity contribution in [2.45, 2.75) is 19.9 Å². The van der Waals surface area contributed by atoms with Crippen LogP contribution in [0.4, 0.5) is 4.79 Å². The summed E-state index contributed by atoms with van der Waals surface area (Å²) >= 11 is 6.19. The summed E-state index contributed by atoms with van der Waals surface area (Å²) in [6, 6.07) is 15.3. The predicted octanol–water partition coefficient (Wildman–Crippen LogP) is 4.29. The number of aliphatic imine (C=N–C) groups is 1. The van der Waals surface area contributed by atoms with Gasteiger partial charge in [-0.3, -0.25) is 9.59 Å². The van der Waals surface area contributed by atoms with E-state index in [9.17, 15) is 14.4 Å². The smallest absolute Gasteiger partial charge is 0.344 e. The first-order chi connectivity index (χ1) is 15.9. The Hall–Kier alpha value is -3.45. The van der Waals surface area contributed by atoms with E-state index in [1.807, 2.05) is 42.5 Å². The molecule has 0 saturated carbocycles. The lowest BCUT2D eigenvalue weighted by Crippen LogP contribution is -2.51. The van der Waals surface area contributed by atoms with E-state index < -0.39 is 24.0 Å².